The number of carbonyl (C=O) groups excluding carboxylic acids is 2. The molecule has 0 unspecified atom stereocenters. The highest BCUT2D eigenvalue weighted by molar-refractivity contribution is 5.97. The van der Waals surface area contributed by atoms with Crippen LogP contribution in [-0.4, -0.2) is 61.8 Å². The number of rotatable bonds is 8. The summed E-state index contributed by atoms with van der Waals surface area (Å²) in [5.41, 5.74) is 1.97. The molecule has 0 spiro atoms. The zero-order valence-electron chi connectivity index (χ0n) is 17.0. The third kappa shape index (κ3) is 5.16. The molecule has 1 fully saturated rings. The maximum absolute atomic E-state index is 12.9. The predicted octanol–water partition coefficient (Wildman–Crippen LogP) is 1.78. The summed E-state index contributed by atoms with van der Waals surface area (Å²) in [7, 11) is 1.67. The molecule has 2 N–H and O–H groups in total. The van der Waals surface area contributed by atoms with Gasteiger partial charge in [-0.25, -0.2) is 19.9 Å². The average molecular weight is 418 g/mol. The van der Waals surface area contributed by atoms with Crippen molar-refractivity contribution in [2.45, 2.75) is 18.8 Å². The molecule has 0 bridgehead atoms. The van der Waals surface area contributed by atoms with Crippen molar-refractivity contribution in [2.24, 2.45) is 0 Å². The number of likely N-dealkylation sites (N-methyl/N-ethyl adjacent to an activating group) is 1. The zero-order valence-corrected chi connectivity index (χ0v) is 17.0. The topological polar surface area (TPSA) is 126 Å². The number of anilines is 2. The second-order valence-electron chi connectivity index (χ2n) is 7.22. The van der Waals surface area contributed by atoms with Crippen molar-refractivity contribution in [3.63, 3.8) is 0 Å². The quantitative estimate of drug-likeness (QED) is 0.567. The molecule has 0 saturated heterocycles. The third-order valence-corrected chi connectivity index (χ3v) is 4.79. The summed E-state index contributed by atoms with van der Waals surface area (Å²) in [5.74, 6) is 0.106. The molecule has 3 aromatic rings. The second-order valence-corrected chi connectivity index (χ2v) is 7.22. The molecule has 1 saturated carbocycles. The summed E-state index contributed by atoms with van der Waals surface area (Å²) < 4.78 is 0. The van der Waals surface area contributed by atoms with Crippen LogP contribution < -0.4 is 10.6 Å². The van der Waals surface area contributed by atoms with Crippen molar-refractivity contribution in [2.75, 3.05) is 25.5 Å². The van der Waals surface area contributed by atoms with E-state index in [1.807, 2.05) is 0 Å². The van der Waals surface area contributed by atoms with E-state index in [1.165, 1.54) is 11.2 Å². The van der Waals surface area contributed by atoms with Crippen LogP contribution in [-0.2, 0) is 0 Å². The van der Waals surface area contributed by atoms with Crippen LogP contribution >= 0.6 is 0 Å². The van der Waals surface area contributed by atoms with Crippen molar-refractivity contribution in [1.29, 1.82) is 0 Å². The number of pyridine rings is 1. The first-order valence-corrected chi connectivity index (χ1v) is 9.95. The highest BCUT2D eigenvalue weighted by atomic mass is 16.2. The van der Waals surface area contributed by atoms with Crippen LogP contribution in [0.2, 0.25) is 0 Å². The number of nitrogens with one attached hydrogen (secondary N) is 2. The molecule has 3 aromatic heterocycles. The molecule has 3 heterocycles. The molecule has 0 aliphatic heterocycles. The van der Waals surface area contributed by atoms with Gasteiger partial charge in [0.05, 0.1) is 30.0 Å². The van der Waals surface area contributed by atoms with Gasteiger partial charge in [-0.2, -0.15) is 0 Å². The minimum absolute atomic E-state index is 0.201. The van der Waals surface area contributed by atoms with Crippen molar-refractivity contribution >= 4 is 23.3 Å². The van der Waals surface area contributed by atoms with E-state index in [0.29, 0.717) is 29.7 Å². The lowest BCUT2D eigenvalue weighted by atomic mass is 10.2. The number of hydrogen-bond acceptors (Lipinski definition) is 8. The van der Waals surface area contributed by atoms with Crippen LogP contribution in [0.25, 0.3) is 0 Å². The Bertz CT molecular complexity index is 1060. The van der Waals surface area contributed by atoms with E-state index in [9.17, 15) is 9.59 Å². The normalized spacial score (nSPS) is 12.8. The fraction of sp³-hybridized carbons (Fsp3) is 0.286. The molecule has 10 heteroatoms. The lowest BCUT2D eigenvalue weighted by molar-refractivity contribution is 0.0781. The molecule has 0 radical (unpaired) electrons. The van der Waals surface area contributed by atoms with Gasteiger partial charge < -0.3 is 15.5 Å². The van der Waals surface area contributed by atoms with Crippen LogP contribution in [0.5, 0.6) is 0 Å². The summed E-state index contributed by atoms with van der Waals surface area (Å²) in [6.45, 7) is 0.587. The van der Waals surface area contributed by atoms with E-state index in [2.05, 4.69) is 35.6 Å². The van der Waals surface area contributed by atoms with Crippen molar-refractivity contribution < 1.29 is 9.59 Å². The van der Waals surface area contributed by atoms with E-state index in [0.717, 1.165) is 18.5 Å². The molecular formula is C21H22N8O2. The molecule has 4 rings (SSSR count). The van der Waals surface area contributed by atoms with Crippen molar-refractivity contribution in [3.05, 3.63) is 66.4 Å². The smallest absolute Gasteiger partial charge is 0.273 e. The number of hydrogen-bond donors (Lipinski definition) is 2. The minimum Gasteiger partial charge on any atom is -0.349 e. The Hall–Kier alpha value is -3.95. The number of aromatic nitrogens is 5. The van der Waals surface area contributed by atoms with Crippen LogP contribution in [0, 0.1) is 0 Å². The first-order chi connectivity index (χ1) is 15.1. The molecule has 0 atom stereocenters. The molecule has 1 aliphatic rings. The first kappa shape index (κ1) is 20.3. The molecule has 1 aliphatic carbocycles. The average Bonchev–Trinajstić information content (AvgIpc) is 3.65. The van der Waals surface area contributed by atoms with Crippen LogP contribution in [0.3, 0.4) is 0 Å². The van der Waals surface area contributed by atoms with Crippen LogP contribution in [0.15, 0.2) is 49.3 Å². The number of nitrogens with zero attached hydrogens (tertiary/aromatic N) is 6. The van der Waals surface area contributed by atoms with E-state index >= 15 is 0 Å². The van der Waals surface area contributed by atoms with Gasteiger partial charge in [-0.15, -0.1) is 0 Å². The highest BCUT2D eigenvalue weighted by Gasteiger charge is 2.27. The van der Waals surface area contributed by atoms with Crippen molar-refractivity contribution in [1.82, 2.24) is 35.1 Å². The van der Waals surface area contributed by atoms with Gasteiger partial charge in [0.15, 0.2) is 11.5 Å². The summed E-state index contributed by atoms with van der Waals surface area (Å²) in [6.07, 6.45) is 9.96. The Morgan fingerprint density at radius 1 is 1.13 bits per heavy atom. The van der Waals surface area contributed by atoms with Crippen LogP contribution in [0.4, 0.5) is 11.5 Å². The third-order valence-electron chi connectivity index (χ3n) is 4.79. The molecule has 10 nitrogen and oxygen atoms in total. The lowest BCUT2D eigenvalue weighted by Crippen LogP contribution is -2.37. The van der Waals surface area contributed by atoms with E-state index in [4.69, 9.17) is 0 Å². The monoisotopic (exact) mass is 418 g/mol. The number of carbonyl (C=O) groups is 2. The predicted molar refractivity (Wildman–Crippen MR) is 113 cm³/mol. The fourth-order valence-corrected chi connectivity index (χ4v) is 2.94. The van der Waals surface area contributed by atoms with Crippen LogP contribution in [0.1, 0.15) is 45.4 Å². The summed E-state index contributed by atoms with van der Waals surface area (Å²) in [4.78, 5) is 47.7. The summed E-state index contributed by atoms with van der Waals surface area (Å²) >= 11 is 0. The zero-order chi connectivity index (χ0) is 21.6. The van der Waals surface area contributed by atoms with Gasteiger partial charge in [0.1, 0.15) is 12.0 Å². The van der Waals surface area contributed by atoms with Gasteiger partial charge in [0, 0.05) is 32.3 Å². The Kier molecular flexibility index (Phi) is 6.06. The maximum Gasteiger partial charge on any atom is 0.273 e. The largest absolute Gasteiger partial charge is 0.349 e. The van der Waals surface area contributed by atoms with E-state index in [-0.39, 0.29) is 24.1 Å². The molecular weight excluding hydrogens is 396 g/mol. The van der Waals surface area contributed by atoms with Gasteiger partial charge >= 0.3 is 0 Å². The number of amides is 2. The lowest BCUT2D eigenvalue weighted by Gasteiger charge is -2.17. The van der Waals surface area contributed by atoms with Gasteiger partial charge in [0.2, 0.25) is 0 Å². The molecule has 31 heavy (non-hydrogen) atoms. The van der Waals surface area contributed by atoms with Gasteiger partial charge in [0.25, 0.3) is 11.8 Å². The van der Waals surface area contributed by atoms with E-state index in [1.54, 1.807) is 50.0 Å². The standard InChI is InChI=1S/C21H22N8O2/c1-29(21(31)16-4-2-3-7-24-16)9-8-25-20(30)18-19(27-15-10-22-13-23-11-15)26-12-17(28-18)14-5-6-14/h2-4,7,10-14H,5-6,8-9H2,1H3,(H,25,30)(H,26,27). The molecule has 0 aromatic carbocycles. The first-order valence-electron chi connectivity index (χ1n) is 9.95. The van der Waals surface area contributed by atoms with Gasteiger partial charge in [-0.3, -0.25) is 14.6 Å². The Morgan fingerprint density at radius 3 is 2.65 bits per heavy atom. The maximum atomic E-state index is 12.9. The Morgan fingerprint density at radius 2 is 1.94 bits per heavy atom. The Balaban J connectivity index is 1.42. The molecule has 2 amide bonds. The highest BCUT2D eigenvalue weighted by Crippen LogP contribution is 2.39. The minimum atomic E-state index is -0.368. The van der Waals surface area contributed by atoms with Gasteiger partial charge in [-0.05, 0) is 25.0 Å². The summed E-state index contributed by atoms with van der Waals surface area (Å²) in [6, 6.07) is 5.16. The molecule has 158 valence electrons. The fourth-order valence-electron chi connectivity index (χ4n) is 2.94. The second kappa shape index (κ2) is 9.24. The van der Waals surface area contributed by atoms with E-state index < -0.39 is 0 Å². The SMILES string of the molecule is CN(CCNC(=O)c1nc(C2CC2)cnc1Nc1cncnc1)C(=O)c1ccccn1. The Labute approximate surface area is 179 Å². The van der Waals surface area contributed by atoms with Crippen molar-refractivity contribution in [3.8, 4) is 0 Å². The summed E-state index contributed by atoms with van der Waals surface area (Å²) in [5, 5.41) is 5.87. The van der Waals surface area contributed by atoms with Gasteiger partial charge in [-0.1, -0.05) is 6.07 Å².